The Kier molecular flexibility index (Phi) is 4.22. The zero-order chi connectivity index (χ0) is 12.1. The highest BCUT2D eigenvalue weighted by Gasteiger charge is 2.07. The van der Waals surface area contributed by atoms with Crippen molar-refractivity contribution in [3.63, 3.8) is 0 Å². The van der Waals surface area contributed by atoms with Crippen molar-refractivity contribution in [2.75, 3.05) is 0 Å². The summed E-state index contributed by atoms with van der Waals surface area (Å²) in [6, 6.07) is 8.05. The van der Waals surface area contributed by atoms with Crippen LogP contribution in [0.2, 0.25) is 0 Å². The fourth-order valence-electron chi connectivity index (χ4n) is 1.28. The van der Waals surface area contributed by atoms with Crippen molar-refractivity contribution in [3.05, 3.63) is 46.5 Å². The van der Waals surface area contributed by atoms with Crippen molar-refractivity contribution in [2.45, 2.75) is 11.9 Å². The molecule has 0 aliphatic rings. The van der Waals surface area contributed by atoms with E-state index in [1.807, 2.05) is 24.3 Å². The smallest absolute Gasteiger partial charge is 0.273 e. The van der Waals surface area contributed by atoms with E-state index in [4.69, 9.17) is 0 Å². The molecule has 1 heterocycles. The topological polar surface area (TPSA) is 54.9 Å². The molecule has 0 saturated heterocycles. The molecule has 0 spiro atoms. The van der Waals surface area contributed by atoms with Crippen LogP contribution in [0.15, 0.2) is 29.6 Å². The average Bonchev–Trinajstić information content (AvgIpc) is 2.90. The van der Waals surface area contributed by atoms with Gasteiger partial charge in [0.25, 0.3) is 5.91 Å². The summed E-state index contributed by atoms with van der Waals surface area (Å²) in [7, 11) is 0. The summed E-state index contributed by atoms with van der Waals surface area (Å²) in [5.41, 5.74) is 2.64. The minimum absolute atomic E-state index is 0.191. The van der Waals surface area contributed by atoms with E-state index in [2.05, 4.69) is 30.8 Å². The molecule has 4 nitrogen and oxygen atoms in total. The van der Waals surface area contributed by atoms with Gasteiger partial charge in [0.05, 0.1) is 0 Å². The van der Waals surface area contributed by atoms with E-state index in [0.717, 1.165) is 10.9 Å². The molecule has 1 aromatic carbocycles. The Bertz CT molecular complexity index is 484. The lowest BCUT2D eigenvalue weighted by Gasteiger charge is -2.03. The first-order valence-electron chi connectivity index (χ1n) is 4.98. The third-order valence-corrected chi connectivity index (χ3v) is 3.38. The second-order valence-corrected chi connectivity index (χ2v) is 4.59. The normalized spacial score (nSPS) is 10.2. The second-order valence-electron chi connectivity index (χ2n) is 3.42. The number of carbonyl (C=O) groups excluding carboxylic acids is 1. The number of amides is 1. The van der Waals surface area contributed by atoms with Crippen molar-refractivity contribution in [3.8, 4) is 0 Å². The number of hydrogen-bond acceptors (Lipinski definition) is 4. The van der Waals surface area contributed by atoms with Crippen LogP contribution in [0.4, 0.5) is 0 Å². The van der Waals surface area contributed by atoms with Crippen molar-refractivity contribution >= 4 is 33.4 Å². The molecule has 2 aromatic rings. The number of nitrogens with one attached hydrogen (secondary N) is 1. The van der Waals surface area contributed by atoms with Gasteiger partial charge in [-0.05, 0) is 22.7 Å². The molecule has 0 saturated carbocycles. The van der Waals surface area contributed by atoms with Gasteiger partial charge < -0.3 is 5.32 Å². The summed E-state index contributed by atoms with van der Waals surface area (Å²) >= 11 is 4.55. The first-order chi connectivity index (χ1) is 8.29. The standard InChI is InChI=1S/C11H10BrN3OS/c12-5-8-1-3-9(4-2-8)6-13-11(16)10-7-17-15-14-10/h1-4,7H,5-6H2,(H,13,16). The molecule has 2 rings (SSSR count). The molecule has 88 valence electrons. The van der Waals surface area contributed by atoms with Gasteiger partial charge >= 0.3 is 0 Å². The molecule has 0 aliphatic carbocycles. The molecule has 17 heavy (non-hydrogen) atoms. The number of carbonyl (C=O) groups is 1. The third-order valence-electron chi connectivity index (χ3n) is 2.22. The van der Waals surface area contributed by atoms with Crippen molar-refractivity contribution < 1.29 is 4.79 Å². The first kappa shape index (κ1) is 12.2. The van der Waals surface area contributed by atoms with Crippen LogP contribution in [0, 0.1) is 0 Å². The number of halogens is 1. The van der Waals surface area contributed by atoms with Crippen LogP contribution in [-0.2, 0) is 11.9 Å². The van der Waals surface area contributed by atoms with Crippen molar-refractivity contribution in [1.82, 2.24) is 14.9 Å². The van der Waals surface area contributed by atoms with Gasteiger partial charge in [0.1, 0.15) is 0 Å². The van der Waals surface area contributed by atoms with Gasteiger partial charge in [0, 0.05) is 17.3 Å². The van der Waals surface area contributed by atoms with Crippen molar-refractivity contribution in [2.24, 2.45) is 0 Å². The maximum absolute atomic E-state index is 11.6. The van der Waals surface area contributed by atoms with E-state index in [-0.39, 0.29) is 5.91 Å². The van der Waals surface area contributed by atoms with Gasteiger partial charge in [-0.1, -0.05) is 44.7 Å². The van der Waals surface area contributed by atoms with Gasteiger partial charge in [-0.3, -0.25) is 4.79 Å². The average molecular weight is 312 g/mol. The molecule has 0 radical (unpaired) electrons. The molecule has 0 unspecified atom stereocenters. The number of nitrogens with zero attached hydrogens (tertiary/aromatic N) is 2. The van der Waals surface area contributed by atoms with Gasteiger partial charge in [-0.2, -0.15) is 0 Å². The Morgan fingerprint density at radius 1 is 1.29 bits per heavy atom. The number of benzene rings is 1. The van der Waals surface area contributed by atoms with E-state index >= 15 is 0 Å². The Morgan fingerprint density at radius 3 is 2.59 bits per heavy atom. The van der Waals surface area contributed by atoms with Gasteiger partial charge in [0.2, 0.25) is 0 Å². The predicted octanol–water partition coefficient (Wildman–Crippen LogP) is 2.36. The highest BCUT2D eigenvalue weighted by molar-refractivity contribution is 9.08. The maximum atomic E-state index is 11.6. The number of alkyl halides is 1. The third kappa shape index (κ3) is 3.34. The quantitative estimate of drug-likeness (QED) is 0.882. The largest absolute Gasteiger partial charge is 0.347 e. The van der Waals surface area contributed by atoms with E-state index in [9.17, 15) is 4.79 Å². The molecule has 1 amide bonds. The van der Waals surface area contributed by atoms with Gasteiger partial charge in [0.15, 0.2) is 5.69 Å². The van der Waals surface area contributed by atoms with E-state index in [1.165, 1.54) is 17.1 Å². The molecule has 6 heteroatoms. The van der Waals surface area contributed by atoms with Crippen LogP contribution in [-0.4, -0.2) is 15.5 Å². The highest BCUT2D eigenvalue weighted by atomic mass is 79.9. The summed E-state index contributed by atoms with van der Waals surface area (Å²) < 4.78 is 3.65. The Morgan fingerprint density at radius 2 is 2.00 bits per heavy atom. The molecule has 0 aliphatic heterocycles. The van der Waals surface area contributed by atoms with Crippen LogP contribution in [0.25, 0.3) is 0 Å². The van der Waals surface area contributed by atoms with Crippen LogP contribution in [0.5, 0.6) is 0 Å². The SMILES string of the molecule is O=C(NCc1ccc(CBr)cc1)c1csnn1. The van der Waals surface area contributed by atoms with Gasteiger partial charge in [-0.25, -0.2) is 0 Å². The number of aromatic nitrogens is 2. The zero-order valence-electron chi connectivity index (χ0n) is 8.89. The van der Waals surface area contributed by atoms with Crippen LogP contribution in [0.1, 0.15) is 21.6 Å². The van der Waals surface area contributed by atoms with E-state index in [0.29, 0.717) is 12.2 Å². The molecule has 1 N–H and O–H groups in total. The summed E-state index contributed by atoms with van der Waals surface area (Å²) in [5.74, 6) is -0.191. The maximum Gasteiger partial charge on any atom is 0.273 e. The lowest BCUT2D eigenvalue weighted by molar-refractivity contribution is 0.0946. The molecular weight excluding hydrogens is 302 g/mol. The molecular formula is C11H10BrN3OS. The fourth-order valence-corrected chi connectivity index (χ4v) is 2.09. The predicted molar refractivity (Wildman–Crippen MR) is 70.2 cm³/mol. The highest BCUT2D eigenvalue weighted by Crippen LogP contribution is 2.08. The minimum atomic E-state index is -0.191. The minimum Gasteiger partial charge on any atom is -0.347 e. The number of hydrogen-bond donors (Lipinski definition) is 1. The second kappa shape index (κ2) is 5.88. The Labute approximate surface area is 111 Å². The molecule has 1 aromatic heterocycles. The van der Waals surface area contributed by atoms with Crippen LogP contribution >= 0.6 is 27.5 Å². The molecule has 0 fully saturated rings. The first-order valence-corrected chi connectivity index (χ1v) is 6.94. The van der Waals surface area contributed by atoms with E-state index < -0.39 is 0 Å². The Balaban J connectivity index is 1.91. The molecule has 0 atom stereocenters. The van der Waals surface area contributed by atoms with Gasteiger partial charge in [-0.15, -0.1) is 5.10 Å². The van der Waals surface area contributed by atoms with Crippen LogP contribution in [0.3, 0.4) is 0 Å². The lowest BCUT2D eigenvalue weighted by Crippen LogP contribution is -2.23. The summed E-state index contributed by atoms with van der Waals surface area (Å²) in [5, 5.41) is 8.96. The van der Waals surface area contributed by atoms with E-state index in [1.54, 1.807) is 5.38 Å². The summed E-state index contributed by atoms with van der Waals surface area (Å²) in [6.07, 6.45) is 0. The number of rotatable bonds is 4. The monoisotopic (exact) mass is 311 g/mol. The Hall–Kier alpha value is -1.27. The van der Waals surface area contributed by atoms with Crippen molar-refractivity contribution in [1.29, 1.82) is 0 Å². The lowest BCUT2D eigenvalue weighted by atomic mass is 10.1. The summed E-state index contributed by atoms with van der Waals surface area (Å²) in [6.45, 7) is 0.499. The zero-order valence-corrected chi connectivity index (χ0v) is 11.3. The molecule has 0 bridgehead atoms. The van der Waals surface area contributed by atoms with Crippen LogP contribution < -0.4 is 5.32 Å². The fraction of sp³-hybridized carbons (Fsp3) is 0.182. The summed E-state index contributed by atoms with van der Waals surface area (Å²) in [4.78, 5) is 11.6.